The highest BCUT2D eigenvalue weighted by Crippen LogP contribution is 2.22. The van der Waals surface area contributed by atoms with Gasteiger partial charge < -0.3 is 0 Å². The number of nitrogens with zero attached hydrogens (tertiary/aromatic N) is 5. The van der Waals surface area contributed by atoms with Crippen molar-refractivity contribution in [3.63, 3.8) is 0 Å². The molecule has 1 aromatic rings. The lowest BCUT2D eigenvalue weighted by atomic mass is 9.92. The first-order valence-electron chi connectivity index (χ1n) is 16.9. The van der Waals surface area contributed by atoms with Gasteiger partial charge in [-0.3, -0.25) is 15.0 Å². The second-order valence-corrected chi connectivity index (χ2v) is 13.3. The molecule has 5 rings (SSSR count). The third-order valence-electron chi connectivity index (χ3n) is 10.6. The Labute approximate surface area is 277 Å². The molecule has 0 amide bonds. The van der Waals surface area contributed by atoms with Crippen LogP contribution in [-0.4, -0.2) is 80.3 Å². The monoisotopic (exact) mass is 618 g/mol. The Kier molecular flexibility index (Phi) is 16.8. The minimum atomic E-state index is 1.12. The van der Waals surface area contributed by atoms with Crippen molar-refractivity contribution in [2.24, 2.45) is 15.0 Å². The largest absolute Gasteiger partial charge is 0.293 e. The highest BCUT2D eigenvalue weighted by atomic mass is 15.0. The molecular formula is C40H67N5+2. The Morgan fingerprint density at radius 1 is 0.444 bits per heavy atom. The van der Waals surface area contributed by atoms with E-state index in [0.29, 0.717) is 0 Å². The Morgan fingerprint density at radius 3 is 1.16 bits per heavy atom. The first kappa shape index (κ1) is 40.1. The van der Waals surface area contributed by atoms with Crippen LogP contribution in [0.3, 0.4) is 0 Å². The summed E-state index contributed by atoms with van der Waals surface area (Å²) < 4.78 is 4.60. The lowest BCUT2D eigenvalue weighted by Crippen LogP contribution is -2.22. The molecule has 2 aliphatic heterocycles. The number of aliphatic imine (C=N–C) groups is 2. The number of hydrogen-bond donors (Lipinski definition) is 0. The quantitative estimate of drug-likeness (QED) is 0.261. The molecule has 0 bridgehead atoms. The Hall–Kier alpha value is -2.95. The van der Waals surface area contributed by atoms with Crippen molar-refractivity contribution in [2.45, 2.75) is 122 Å². The van der Waals surface area contributed by atoms with E-state index in [-0.39, 0.29) is 0 Å². The Balaban J connectivity index is 0.000000283. The van der Waals surface area contributed by atoms with Crippen LogP contribution in [0.4, 0.5) is 0 Å². The van der Waals surface area contributed by atoms with Crippen LogP contribution >= 0.6 is 0 Å². The average Bonchev–Trinajstić information content (AvgIpc) is 3.36. The van der Waals surface area contributed by atoms with Crippen molar-refractivity contribution < 1.29 is 9.15 Å². The van der Waals surface area contributed by atoms with E-state index in [0.717, 1.165) is 13.0 Å². The zero-order chi connectivity index (χ0) is 34.6. The van der Waals surface area contributed by atoms with E-state index >= 15 is 0 Å². The van der Waals surface area contributed by atoms with Gasteiger partial charge in [0.15, 0.2) is 18.0 Å². The molecule has 0 aromatic heterocycles. The van der Waals surface area contributed by atoms with E-state index in [9.17, 15) is 0 Å². The summed E-state index contributed by atoms with van der Waals surface area (Å²) in [5.74, 6) is 0. The first-order valence-corrected chi connectivity index (χ1v) is 16.9. The third kappa shape index (κ3) is 11.7. The van der Waals surface area contributed by atoms with Gasteiger partial charge in [-0.25, -0.2) is 9.15 Å². The molecular weight excluding hydrogens is 550 g/mol. The SMILES string of the molecule is CC1=C(C)C(C)=[N+](C)C1.CC1=C(C)C(C)=[N+](C)CC1.CN=C1CCC(C)=C1C.CN=C1CCCC(C)=C1C.CN=c1c(C)c1C. The van der Waals surface area contributed by atoms with Gasteiger partial charge in [-0.05, 0) is 129 Å². The van der Waals surface area contributed by atoms with Crippen LogP contribution in [0, 0.1) is 13.8 Å². The van der Waals surface area contributed by atoms with Crippen LogP contribution in [0.5, 0.6) is 0 Å². The Morgan fingerprint density at radius 2 is 0.889 bits per heavy atom. The van der Waals surface area contributed by atoms with Crippen molar-refractivity contribution in [3.05, 3.63) is 61.1 Å². The van der Waals surface area contributed by atoms with Crippen LogP contribution in [-0.2, 0) is 0 Å². The molecule has 4 aliphatic rings. The van der Waals surface area contributed by atoms with Crippen LogP contribution in [0.25, 0.3) is 0 Å². The molecule has 5 heteroatoms. The molecule has 0 radical (unpaired) electrons. The normalized spacial score (nSPS) is 20.3. The molecule has 0 fully saturated rings. The maximum atomic E-state index is 4.24. The topological polar surface area (TPSA) is 43.1 Å². The minimum Gasteiger partial charge on any atom is -0.293 e. The van der Waals surface area contributed by atoms with Crippen molar-refractivity contribution in [1.82, 2.24) is 0 Å². The molecule has 0 unspecified atom stereocenters. The van der Waals surface area contributed by atoms with Gasteiger partial charge in [0.1, 0.15) is 20.6 Å². The average molecular weight is 618 g/mol. The predicted octanol–water partition coefficient (Wildman–Crippen LogP) is 8.74. The predicted molar refractivity (Wildman–Crippen MR) is 201 cm³/mol. The number of hydrogen-bond acceptors (Lipinski definition) is 3. The van der Waals surface area contributed by atoms with E-state index in [1.54, 1.807) is 5.57 Å². The highest BCUT2D eigenvalue weighted by molar-refractivity contribution is 6.02. The number of allylic oxidation sites excluding steroid dienone is 6. The maximum Gasteiger partial charge on any atom is 0.176 e. The van der Waals surface area contributed by atoms with Gasteiger partial charge >= 0.3 is 0 Å². The number of likely N-dealkylation sites (N-methyl/N-ethyl adjacent to an activating group) is 1. The van der Waals surface area contributed by atoms with E-state index < -0.39 is 0 Å². The van der Waals surface area contributed by atoms with Gasteiger partial charge in [-0.2, -0.15) is 0 Å². The first-order chi connectivity index (χ1) is 21.0. The molecule has 2 heterocycles. The third-order valence-corrected chi connectivity index (χ3v) is 10.6. The summed E-state index contributed by atoms with van der Waals surface area (Å²) >= 11 is 0. The standard InChI is InChI=1S/C9H16N.C9H15N.C8H14N.C8H13N.C6H9N/c1-7-5-6-10(4)9(3)8(7)2;1-7-5-4-6-9(10-3)8(7)2;1-6-5-9(4)8(3)7(6)2;1-6-4-5-8(9-3)7(6)2;1-4-5(2)6(4)7-3/h5-6H2,1-4H3;4-6H2,1-3H3;5H2,1-4H3;4-5H2,1-3H3;1-3H3/q+1;;+1;;. The molecule has 250 valence electrons. The van der Waals surface area contributed by atoms with E-state index in [1.807, 2.05) is 21.1 Å². The molecule has 5 nitrogen and oxygen atoms in total. The lowest BCUT2D eigenvalue weighted by Gasteiger charge is -2.15. The van der Waals surface area contributed by atoms with Gasteiger partial charge in [-0.15, -0.1) is 0 Å². The molecule has 0 N–H and O–H groups in total. The van der Waals surface area contributed by atoms with Crippen LogP contribution in [0.15, 0.2) is 59.6 Å². The molecule has 0 saturated carbocycles. The second kappa shape index (κ2) is 18.9. The van der Waals surface area contributed by atoms with Gasteiger partial charge in [0.2, 0.25) is 0 Å². The molecule has 0 spiro atoms. The van der Waals surface area contributed by atoms with Crippen molar-refractivity contribution in [3.8, 4) is 0 Å². The summed E-state index contributed by atoms with van der Waals surface area (Å²) in [5, 5.41) is 1.22. The van der Waals surface area contributed by atoms with E-state index in [1.165, 1.54) is 117 Å². The van der Waals surface area contributed by atoms with Crippen LogP contribution < -0.4 is 5.36 Å². The summed E-state index contributed by atoms with van der Waals surface area (Å²) in [5.41, 5.74) is 20.1. The van der Waals surface area contributed by atoms with Crippen molar-refractivity contribution >= 4 is 22.8 Å². The summed E-state index contributed by atoms with van der Waals surface area (Å²) in [6.07, 6.45) is 7.35. The van der Waals surface area contributed by atoms with Gasteiger partial charge in [0, 0.05) is 64.0 Å². The summed E-state index contributed by atoms with van der Waals surface area (Å²) in [4.78, 5) is 12.4. The van der Waals surface area contributed by atoms with E-state index in [2.05, 4.69) is 121 Å². The lowest BCUT2D eigenvalue weighted by molar-refractivity contribution is -0.498. The number of rotatable bonds is 0. The minimum absolute atomic E-state index is 1.12. The highest BCUT2D eigenvalue weighted by Gasteiger charge is 2.18. The molecule has 0 atom stereocenters. The van der Waals surface area contributed by atoms with Crippen molar-refractivity contribution in [1.29, 1.82) is 0 Å². The van der Waals surface area contributed by atoms with E-state index in [4.69, 9.17) is 0 Å². The summed E-state index contributed by atoms with van der Waals surface area (Å²) in [6, 6.07) is 0. The van der Waals surface area contributed by atoms with Crippen LogP contribution in [0.1, 0.15) is 119 Å². The zero-order valence-electron chi connectivity index (χ0n) is 32.4. The molecule has 2 aliphatic carbocycles. The molecule has 0 saturated heterocycles. The molecule has 45 heavy (non-hydrogen) atoms. The van der Waals surface area contributed by atoms with Gasteiger partial charge in [-0.1, -0.05) is 16.7 Å². The smallest absolute Gasteiger partial charge is 0.176 e. The fraction of sp³-hybridized carbons (Fsp3) is 0.625. The Bertz CT molecular complexity index is 1400. The molecule has 1 aromatic carbocycles. The van der Waals surface area contributed by atoms with Crippen molar-refractivity contribution in [2.75, 3.05) is 48.3 Å². The fourth-order valence-electron chi connectivity index (χ4n) is 5.83. The fourth-order valence-corrected chi connectivity index (χ4v) is 5.83. The maximum absolute atomic E-state index is 4.24. The van der Waals surface area contributed by atoms with Gasteiger partial charge in [0.05, 0.1) is 5.36 Å². The zero-order valence-corrected chi connectivity index (χ0v) is 32.4. The van der Waals surface area contributed by atoms with Gasteiger partial charge in [0.25, 0.3) is 0 Å². The van der Waals surface area contributed by atoms with Crippen LogP contribution in [0.2, 0.25) is 0 Å². The summed E-state index contributed by atoms with van der Waals surface area (Å²) in [7, 11) is 9.88. The second-order valence-electron chi connectivity index (χ2n) is 13.3. The summed E-state index contributed by atoms with van der Waals surface area (Å²) in [6.45, 7) is 28.4.